The van der Waals surface area contributed by atoms with Crippen LogP contribution in [0.1, 0.15) is 12.5 Å². The summed E-state index contributed by atoms with van der Waals surface area (Å²) in [4.78, 5) is 11.4. The van der Waals surface area contributed by atoms with Gasteiger partial charge in [-0.25, -0.2) is 0 Å². The molecule has 0 aromatic heterocycles. The zero-order chi connectivity index (χ0) is 14.1. The number of hydrogen-bond donors (Lipinski definition) is 2. The molecule has 0 saturated heterocycles. The van der Waals surface area contributed by atoms with Crippen molar-refractivity contribution in [1.82, 2.24) is 5.32 Å². The first-order valence-corrected chi connectivity index (χ1v) is 5.85. The monoisotopic (exact) mass is 266 g/mol. The first kappa shape index (κ1) is 15.0. The van der Waals surface area contributed by atoms with E-state index in [2.05, 4.69) is 10.5 Å². The Morgan fingerprint density at radius 2 is 2.05 bits per heavy atom. The summed E-state index contributed by atoms with van der Waals surface area (Å²) in [6.07, 6.45) is 0. The number of carbonyl (C=O) groups is 1. The molecule has 0 spiro atoms. The third kappa shape index (κ3) is 5.39. The molecule has 0 bridgehead atoms. The van der Waals surface area contributed by atoms with Gasteiger partial charge in [0, 0.05) is 13.7 Å². The lowest BCUT2D eigenvalue weighted by Crippen LogP contribution is -2.31. The third-order valence-electron chi connectivity index (χ3n) is 2.42. The van der Waals surface area contributed by atoms with Crippen molar-refractivity contribution in [1.29, 1.82) is 0 Å². The van der Waals surface area contributed by atoms with Crippen LogP contribution in [-0.2, 0) is 9.53 Å². The van der Waals surface area contributed by atoms with Crippen molar-refractivity contribution in [3.8, 4) is 5.75 Å². The van der Waals surface area contributed by atoms with E-state index in [-0.39, 0.29) is 12.5 Å². The minimum absolute atomic E-state index is 0.0455. The Hall–Kier alpha value is -2.08. The molecule has 1 amide bonds. The van der Waals surface area contributed by atoms with Gasteiger partial charge in [0.15, 0.2) is 6.61 Å². The van der Waals surface area contributed by atoms with E-state index < -0.39 is 0 Å². The van der Waals surface area contributed by atoms with E-state index in [1.807, 2.05) is 0 Å². The van der Waals surface area contributed by atoms with E-state index in [4.69, 9.17) is 14.7 Å². The second kappa shape index (κ2) is 8.10. The maximum absolute atomic E-state index is 11.4. The van der Waals surface area contributed by atoms with Crippen molar-refractivity contribution in [2.24, 2.45) is 5.16 Å². The fraction of sp³-hybridized carbons (Fsp3) is 0.385. The van der Waals surface area contributed by atoms with Gasteiger partial charge in [0.1, 0.15) is 5.75 Å². The van der Waals surface area contributed by atoms with E-state index >= 15 is 0 Å². The fourth-order valence-electron chi connectivity index (χ4n) is 1.34. The molecule has 0 heterocycles. The number of nitrogens with zero attached hydrogens (tertiary/aromatic N) is 1. The molecule has 2 N–H and O–H groups in total. The quantitative estimate of drug-likeness (QED) is 0.334. The molecule has 0 radical (unpaired) electrons. The molecule has 1 aromatic rings. The van der Waals surface area contributed by atoms with Crippen LogP contribution in [0.15, 0.2) is 29.4 Å². The Kier molecular flexibility index (Phi) is 6.38. The summed E-state index contributed by atoms with van der Waals surface area (Å²) in [6, 6.07) is 6.94. The summed E-state index contributed by atoms with van der Waals surface area (Å²) in [5.41, 5.74) is 1.31. The maximum atomic E-state index is 11.4. The molecule has 0 unspecified atom stereocenters. The molecule has 0 fully saturated rings. The summed E-state index contributed by atoms with van der Waals surface area (Å²) in [5.74, 6) is 0.380. The summed E-state index contributed by atoms with van der Waals surface area (Å²) >= 11 is 0. The minimum Gasteiger partial charge on any atom is -0.484 e. The molecule has 0 atom stereocenters. The van der Waals surface area contributed by atoms with Crippen molar-refractivity contribution < 1.29 is 19.5 Å². The van der Waals surface area contributed by atoms with Gasteiger partial charge in [0.05, 0.1) is 12.3 Å². The summed E-state index contributed by atoms with van der Waals surface area (Å²) < 4.78 is 10.1. The van der Waals surface area contributed by atoms with E-state index in [1.54, 1.807) is 38.3 Å². The number of ether oxygens (including phenoxy) is 2. The Labute approximate surface area is 112 Å². The lowest BCUT2D eigenvalue weighted by molar-refractivity contribution is -0.123. The minimum atomic E-state index is -0.200. The van der Waals surface area contributed by atoms with Crippen molar-refractivity contribution in [2.45, 2.75) is 6.92 Å². The summed E-state index contributed by atoms with van der Waals surface area (Å²) in [5, 5.41) is 14.4. The molecule has 0 aliphatic rings. The second-order valence-electron chi connectivity index (χ2n) is 3.84. The Morgan fingerprint density at radius 3 is 2.63 bits per heavy atom. The van der Waals surface area contributed by atoms with Crippen molar-refractivity contribution in [2.75, 3.05) is 26.9 Å². The summed E-state index contributed by atoms with van der Waals surface area (Å²) in [7, 11) is 1.57. The number of carbonyl (C=O) groups excluding carboxylic acids is 1. The van der Waals surface area contributed by atoms with Gasteiger partial charge >= 0.3 is 0 Å². The van der Waals surface area contributed by atoms with Crippen molar-refractivity contribution in [3.05, 3.63) is 29.8 Å². The second-order valence-corrected chi connectivity index (χ2v) is 3.84. The molecular formula is C13H18N2O4. The Balaban J connectivity index is 2.39. The lowest BCUT2D eigenvalue weighted by Gasteiger charge is -2.07. The van der Waals surface area contributed by atoms with Crippen LogP contribution < -0.4 is 10.1 Å². The van der Waals surface area contributed by atoms with Crippen LogP contribution >= 0.6 is 0 Å². The SMILES string of the molecule is COCCNC(=O)COc1ccc(C(C)=NO)cc1. The average molecular weight is 266 g/mol. The van der Waals surface area contributed by atoms with E-state index in [9.17, 15) is 4.79 Å². The van der Waals surface area contributed by atoms with Crippen LogP contribution in [0.5, 0.6) is 5.75 Å². The first-order valence-electron chi connectivity index (χ1n) is 5.85. The van der Waals surface area contributed by atoms with Gasteiger partial charge in [-0.3, -0.25) is 4.79 Å². The van der Waals surface area contributed by atoms with Gasteiger partial charge in [0.2, 0.25) is 0 Å². The molecule has 1 aromatic carbocycles. The average Bonchev–Trinajstić information content (AvgIpc) is 2.45. The zero-order valence-electron chi connectivity index (χ0n) is 11.0. The molecule has 6 heteroatoms. The first-order chi connectivity index (χ1) is 9.17. The molecule has 0 saturated carbocycles. The van der Waals surface area contributed by atoms with Crippen LogP contribution in [0, 0.1) is 0 Å². The largest absolute Gasteiger partial charge is 0.484 e. The Bertz CT molecular complexity index is 429. The molecule has 1 rings (SSSR count). The highest BCUT2D eigenvalue weighted by molar-refractivity contribution is 5.98. The van der Waals surface area contributed by atoms with Crippen LogP contribution in [0.25, 0.3) is 0 Å². The number of amides is 1. The number of methoxy groups -OCH3 is 1. The smallest absolute Gasteiger partial charge is 0.258 e. The van der Waals surface area contributed by atoms with E-state index in [1.165, 1.54) is 0 Å². The third-order valence-corrected chi connectivity index (χ3v) is 2.42. The van der Waals surface area contributed by atoms with Crippen LogP contribution in [0.2, 0.25) is 0 Å². The highest BCUT2D eigenvalue weighted by Gasteiger charge is 2.03. The predicted octanol–water partition coefficient (Wildman–Crippen LogP) is 1.03. The van der Waals surface area contributed by atoms with Crippen LogP contribution in [0.3, 0.4) is 0 Å². The molecule has 0 aliphatic heterocycles. The molecule has 19 heavy (non-hydrogen) atoms. The number of benzene rings is 1. The van der Waals surface area contributed by atoms with E-state index in [0.29, 0.717) is 24.6 Å². The fourth-order valence-corrected chi connectivity index (χ4v) is 1.34. The van der Waals surface area contributed by atoms with Crippen molar-refractivity contribution in [3.63, 3.8) is 0 Å². The summed E-state index contributed by atoms with van der Waals surface area (Å²) in [6.45, 7) is 2.58. The highest BCUT2D eigenvalue weighted by Crippen LogP contribution is 2.12. The number of nitrogens with one attached hydrogen (secondary N) is 1. The zero-order valence-corrected chi connectivity index (χ0v) is 11.0. The lowest BCUT2D eigenvalue weighted by atomic mass is 10.1. The number of oxime groups is 1. The maximum Gasteiger partial charge on any atom is 0.258 e. The van der Waals surface area contributed by atoms with Gasteiger partial charge in [-0.2, -0.15) is 0 Å². The number of hydrogen-bond acceptors (Lipinski definition) is 5. The van der Waals surface area contributed by atoms with Gasteiger partial charge in [-0.1, -0.05) is 5.16 Å². The van der Waals surface area contributed by atoms with Gasteiger partial charge in [-0.15, -0.1) is 0 Å². The van der Waals surface area contributed by atoms with Gasteiger partial charge in [-0.05, 0) is 36.8 Å². The van der Waals surface area contributed by atoms with Gasteiger partial charge < -0.3 is 20.0 Å². The molecule has 6 nitrogen and oxygen atoms in total. The van der Waals surface area contributed by atoms with Crippen LogP contribution in [0.4, 0.5) is 0 Å². The molecular weight excluding hydrogens is 248 g/mol. The highest BCUT2D eigenvalue weighted by atomic mass is 16.5. The topological polar surface area (TPSA) is 80.2 Å². The number of rotatable bonds is 7. The Morgan fingerprint density at radius 1 is 1.37 bits per heavy atom. The van der Waals surface area contributed by atoms with Gasteiger partial charge in [0.25, 0.3) is 5.91 Å². The standard InChI is InChI=1S/C13H18N2O4/c1-10(15-17)11-3-5-12(6-4-11)19-9-13(16)14-7-8-18-2/h3-6,17H,7-9H2,1-2H3,(H,14,16). The van der Waals surface area contributed by atoms with E-state index in [0.717, 1.165) is 5.56 Å². The predicted molar refractivity (Wildman–Crippen MR) is 70.8 cm³/mol. The normalized spacial score (nSPS) is 11.2. The van der Waals surface area contributed by atoms with Crippen molar-refractivity contribution >= 4 is 11.6 Å². The van der Waals surface area contributed by atoms with Crippen LogP contribution in [-0.4, -0.2) is 43.7 Å². The molecule has 0 aliphatic carbocycles. The molecule has 104 valence electrons.